The topological polar surface area (TPSA) is 92.3 Å². The molecule has 0 aliphatic carbocycles. The molecule has 0 radical (unpaired) electrons. The third kappa shape index (κ3) is 5.18. The van der Waals surface area contributed by atoms with Gasteiger partial charge in [0.15, 0.2) is 0 Å². The highest BCUT2D eigenvalue weighted by Gasteiger charge is 2.17. The molecule has 2 N–H and O–H groups in total. The van der Waals surface area contributed by atoms with Crippen molar-refractivity contribution in [1.29, 1.82) is 0 Å². The number of hydrogen-bond acceptors (Lipinski definition) is 4. The summed E-state index contributed by atoms with van der Waals surface area (Å²) in [7, 11) is -3.90. The van der Waals surface area contributed by atoms with Gasteiger partial charge in [-0.2, -0.15) is 0 Å². The van der Waals surface area contributed by atoms with E-state index in [1.54, 1.807) is 19.1 Å². The number of hydrogen-bond donors (Lipinski definition) is 2. The molecule has 21 heavy (non-hydrogen) atoms. The third-order valence-electron chi connectivity index (χ3n) is 2.96. The molecule has 6 nitrogen and oxygen atoms in total. The molecule has 7 heteroatoms. The zero-order chi connectivity index (χ0) is 15.9. The summed E-state index contributed by atoms with van der Waals surface area (Å²) in [4.78, 5) is 22.1. The van der Waals surface area contributed by atoms with E-state index in [1.165, 1.54) is 12.1 Å². The molecule has 0 aromatic heterocycles. The molecule has 1 rings (SSSR count). The first-order valence-corrected chi connectivity index (χ1v) is 8.25. The fraction of sp³-hybridized carbons (Fsp3) is 0.429. The molecule has 0 aliphatic heterocycles. The van der Waals surface area contributed by atoms with Gasteiger partial charge in [0.25, 0.3) is 10.0 Å². The number of urea groups is 1. The van der Waals surface area contributed by atoms with Crippen LogP contribution in [-0.4, -0.2) is 27.3 Å². The van der Waals surface area contributed by atoms with Gasteiger partial charge in [-0.3, -0.25) is 0 Å². The first-order valence-electron chi connectivity index (χ1n) is 6.76. The standard InChI is InChI=1S/C14H20N2O4S/c1-3-4-9-15-14(18)16-21(19,20)13-7-5-12(6-8-13)11(2)10-17/h5-8,10-11H,3-4,9H2,1-2H3,(H2,15,16,18). The van der Waals surface area contributed by atoms with Gasteiger partial charge in [-0.05, 0) is 24.1 Å². The van der Waals surface area contributed by atoms with E-state index in [-0.39, 0.29) is 10.8 Å². The molecule has 0 heterocycles. The Balaban J connectivity index is 2.74. The van der Waals surface area contributed by atoms with Crippen molar-refractivity contribution in [2.24, 2.45) is 0 Å². The van der Waals surface area contributed by atoms with Gasteiger partial charge in [-0.15, -0.1) is 0 Å². The number of amides is 2. The molecule has 1 aromatic rings. The number of nitrogens with one attached hydrogen (secondary N) is 2. The van der Waals surface area contributed by atoms with Gasteiger partial charge < -0.3 is 10.1 Å². The smallest absolute Gasteiger partial charge is 0.328 e. The number of carbonyl (C=O) groups is 2. The molecule has 116 valence electrons. The summed E-state index contributed by atoms with van der Waals surface area (Å²) in [5.41, 5.74) is 0.719. The van der Waals surface area contributed by atoms with Gasteiger partial charge in [0.2, 0.25) is 0 Å². The summed E-state index contributed by atoms with van der Waals surface area (Å²) < 4.78 is 25.9. The van der Waals surface area contributed by atoms with Crippen LogP contribution in [0, 0.1) is 0 Å². The predicted octanol–water partition coefficient (Wildman–Crippen LogP) is 1.78. The quantitative estimate of drug-likeness (QED) is 0.593. The van der Waals surface area contributed by atoms with Crippen LogP contribution in [0.3, 0.4) is 0 Å². The second-order valence-corrected chi connectivity index (χ2v) is 6.39. The van der Waals surface area contributed by atoms with Crippen LogP contribution in [0.2, 0.25) is 0 Å². The molecule has 1 unspecified atom stereocenters. The Labute approximate surface area is 125 Å². The number of benzene rings is 1. The minimum Gasteiger partial charge on any atom is -0.337 e. The molecular formula is C14H20N2O4S. The molecule has 1 aromatic carbocycles. The van der Waals surface area contributed by atoms with Crippen molar-refractivity contribution in [1.82, 2.24) is 10.0 Å². The third-order valence-corrected chi connectivity index (χ3v) is 4.31. The highest BCUT2D eigenvalue weighted by atomic mass is 32.2. The van der Waals surface area contributed by atoms with Gasteiger partial charge >= 0.3 is 6.03 Å². The van der Waals surface area contributed by atoms with Crippen molar-refractivity contribution >= 4 is 22.3 Å². The normalized spacial score (nSPS) is 12.5. The van der Waals surface area contributed by atoms with Crippen LogP contribution in [0.5, 0.6) is 0 Å². The second kappa shape index (κ2) is 7.78. The van der Waals surface area contributed by atoms with Crippen LogP contribution in [0.1, 0.15) is 38.2 Å². The van der Waals surface area contributed by atoms with Crippen LogP contribution in [-0.2, 0) is 14.8 Å². The van der Waals surface area contributed by atoms with E-state index in [2.05, 4.69) is 5.32 Å². The van der Waals surface area contributed by atoms with Gasteiger partial charge in [0, 0.05) is 12.5 Å². The first-order chi connectivity index (χ1) is 9.90. The van der Waals surface area contributed by atoms with E-state index in [0.717, 1.165) is 24.7 Å². The fourth-order valence-electron chi connectivity index (χ4n) is 1.62. The SMILES string of the molecule is CCCCNC(=O)NS(=O)(=O)c1ccc(C(C)C=O)cc1. The van der Waals surface area contributed by atoms with Crippen molar-refractivity contribution in [3.8, 4) is 0 Å². The zero-order valence-electron chi connectivity index (χ0n) is 12.1. The second-order valence-electron chi connectivity index (χ2n) is 4.71. The average molecular weight is 312 g/mol. The minimum absolute atomic E-state index is 0.0185. The molecule has 2 amide bonds. The van der Waals surface area contributed by atoms with Crippen LogP contribution in [0.25, 0.3) is 0 Å². The lowest BCUT2D eigenvalue weighted by Gasteiger charge is -2.09. The molecule has 0 spiro atoms. The summed E-state index contributed by atoms with van der Waals surface area (Å²) in [6.07, 6.45) is 2.47. The lowest BCUT2D eigenvalue weighted by molar-refractivity contribution is -0.108. The largest absolute Gasteiger partial charge is 0.337 e. The highest BCUT2D eigenvalue weighted by molar-refractivity contribution is 7.90. The van der Waals surface area contributed by atoms with Crippen LogP contribution >= 0.6 is 0 Å². The Kier molecular flexibility index (Phi) is 6.36. The van der Waals surface area contributed by atoms with E-state index in [9.17, 15) is 18.0 Å². The molecule has 0 saturated heterocycles. The number of sulfonamides is 1. The lowest BCUT2D eigenvalue weighted by Crippen LogP contribution is -2.39. The number of rotatable bonds is 7. The zero-order valence-corrected chi connectivity index (χ0v) is 12.9. The summed E-state index contributed by atoms with van der Waals surface area (Å²) in [6.45, 7) is 4.11. The maximum atomic E-state index is 12.0. The lowest BCUT2D eigenvalue weighted by atomic mass is 10.0. The predicted molar refractivity (Wildman–Crippen MR) is 79.5 cm³/mol. The summed E-state index contributed by atoms with van der Waals surface area (Å²) in [5.74, 6) is -0.299. The van der Waals surface area contributed by atoms with Crippen LogP contribution in [0.15, 0.2) is 29.2 Å². The Hall–Kier alpha value is -1.89. The fourth-order valence-corrected chi connectivity index (χ4v) is 2.55. The minimum atomic E-state index is -3.90. The molecule has 0 saturated carbocycles. The van der Waals surface area contributed by atoms with Gasteiger partial charge in [0.1, 0.15) is 6.29 Å². The van der Waals surface area contributed by atoms with Crippen LogP contribution in [0.4, 0.5) is 4.79 Å². The van der Waals surface area contributed by atoms with Crippen molar-refractivity contribution < 1.29 is 18.0 Å². The molecular weight excluding hydrogens is 292 g/mol. The van der Waals surface area contributed by atoms with E-state index in [0.29, 0.717) is 6.54 Å². The van der Waals surface area contributed by atoms with Crippen LogP contribution < -0.4 is 10.0 Å². The monoisotopic (exact) mass is 312 g/mol. The number of carbonyl (C=O) groups excluding carboxylic acids is 2. The maximum Gasteiger partial charge on any atom is 0.328 e. The van der Waals surface area contributed by atoms with Gasteiger partial charge in [-0.1, -0.05) is 32.4 Å². The van der Waals surface area contributed by atoms with Gasteiger partial charge in [0.05, 0.1) is 4.90 Å². The molecule has 0 aliphatic rings. The Morgan fingerprint density at radius 1 is 1.29 bits per heavy atom. The average Bonchev–Trinajstić information content (AvgIpc) is 2.46. The van der Waals surface area contributed by atoms with E-state index >= 15 is 0 Å². The van der Waals surface area contributed by atoms with Crippen molar-refractivity contribution in [3.63, 3.8) is 0 Å². The molecule has 0 bridgehead atoms. The number of unbranched alkanes of at least 4 members (excludes halogenated alkanes) is 1. The highest BCUT2D eigenvalue weighted by Crippen LogP contribution is 2.16. The van der Waals surface area contributed by atoms with Crippen molar-refractivity contribution in [2.75, 3.05) is 6.54 Å². The summed E-state index contributed by atoms with van der Waals surface area (Å²) in [5, 5.41) is 2.47. The Morgan fingerprint density at radius 3 is 2.43 bits per heavy atom. The van der Waals surface area contributed by atoms with E-state index in [4.69, 9.17) is 0 Å². The van der Waals surface area contributed by atoms with Gasteiger partial charge in [-0.25, -0.2) is 17.9 Å². The molecule has 1 atom stereocenters. The number of aldehydes is 1. The molecule has 0 fully saturated rings. The summed E-state index contributed by atoms with van der Waals surface area (Å²) in [6, 6.07) is 5.12. The Bertz CT molecular complexity index is 581. The van der Waals surface area contributed by atoms with E-state index < -0.39 is 16.1 Å². The Morgan fingerprint density at radius 2 is 1.90 bits per heavy atom. The van der Waals surface area contributed by atoms with Crippen molar-refractivity contribution in [3.05, 3.63) is 29.8 Å². The van der Waals surface area contributed by atoms with Crippen molar-refractivity contribution in [2.45, 2.75) is 37.5 Å². The van der Waals surface area contributed by atoms with E-state index in [1.807, 2.05) is 11.6 Å². The first kappa shape index (κ1) is 17.2. The summed E-state index contributed by atoms with van der Waals surface area (Å²) >= 11 is 0. The maximum absolute atomic E-state index is 12.0.